The number of aromatic nitrogens is 5. The molecule has 0 spiro atoms. The maximum Gasteiger partial charge on any atom is 0.253 e. The quantitative estimate of drug-likeness (QED) is 0.348. The van der Waals surface area contributed by atoms with Gasteiger partial charge in [-0.1, -0.05) is 29.8 Å². The summed E-state index contributed by atoms with van der Waals surface area (Å²) in [5.74, 6) is 1.15. The van der Waals surface area contributed by atoms with Crippen LogP contribution >= 0.6 is 11.6 Å². The summed E-state index contributed by atoms with van der Waals surface area (Å²) in [7, 11) is 1.65. The van der Waals surface area contributed by atoms with E-state index in [9.17, 15) is 4.79 Å². The predicted molar refractivity (Wildman–Crippen MR) is 145 cm³/mol. The van der Waals surface area contributed by atoms with Crippen molar-refractivity contribution in [2.45, 2.75) is 38.6 Å². The molecule has 1 N–H and O–H groups in total. The van der Waals surface area contributed by atoms with Crippen molar-refractivity contribution < 1.29 is 9.53 Å². The zero-order valence-electron chi connectivity index (χ0n) is 21.4. The van der Waals surface area contributed by atoms with Crippen molar-refractivity contribution >= 4 is 23.0 Å². The summed E-state index contributed by atoms with van der Waals surface area (Å²) in [5.41, 5.74) is 5.85. The van der Waals surface area contributed by atoms with Gasteiger partial charge in [0.05, 0.1) is 40.1 Å². The second-order valence-electron chi connectivity index (χ2n) is 9.81. The van der Waals surface area contributed by atoms with Gasteiger partial charge in [0.1, 0.15) is 17.9 Å². The number of methoxy groups -OCH3 is 1. The zero-order valence-corrected chi connectivity index (χ0v) is 22.2. The molecule has 6 rings (SSSR count). The minimum Gasteiger partial charge on any atom is -0.497 e. The fraction of sp³-hybridized carbons (Fsp3) is 0.241. The molecule has 38 heavy (non-hydrogen) atoms. The van der Waals surface area contributed by atoms with Crippen molar-refractivity contribution in [3.8, 4) is 11.4 Å². The molecule has 0 unspecified atom stereocenters. The minimum absolute atomic E-state index is 0.241. The standard InChI is InChI=1S/C29H27ClN6O2/c1-18-7-10-27-24-15-29(12-11-26(24)34-35(27)16-18,20-5-4-6-22(13-20)38-3)32-28(37)23-9-8-21(14-25(23)30)36-17-31-19(2)33-36/h4-10,13-14,16-17H,11-12,15H2,1-3H3,(H,32,37)/t29-/m1/s1. The molecule has 0 aliphatic heterocycles. The molecular formula is C29H27ClN6O2. The average molecular weight is 527 g/mol. The number of carbonyl (C=O) groups is 1. The molecule has 0 saturated carbocycles. The number of nitrogens with one attached hydrogen (secondary N) is 1. The monoisotopic (exact) mass is 526 g/mol. The minimum atomic E-state index is -0.669. The van der Waals surface area contributed by atoms with Crippen molar-refractivity contribution in [2.75, 3.05) is 7.11 Å². The Morgan fingerprint density at radius 1 is 1.11 bits per heavy atom. The Morgan fingerprint density at radius 3 is 2.74 bits per heavy atom. The van der Waals surface area contributed by atoms with Crippen LogP contribution < -0.4 is 10.1 Å². The molecule has 0 fully saturated rings. The molecule has 9 heteroatoms. The molecule has 1 aliphatic carbocycles. The molecule has 0 radical (unpaired) electrons. The number of benzene rings is 2. The number of amides is 1. The van der Waals surface area contributed by atoms with Gasteiger partial charge in [0.15, 0.2) is 0 Å². The average Bonchev–Trinajstić information content (AvgIpc) is 3.51. The highest BCUT2D eigenvalue weighted by Crippen LogP contribution is 2.39. The molecule has 5 aromatic rings. The molecule has 0 saturated heterocycles. The number of fused-ring (bicyclic) bond motifs is 3. The summed E-state index contributed by atoms with van der Waals surface area (Å²) in [6, 6.07) is 17.4. The molecule has 1 aliphatic rings. The second-order valence-corrected chi connectivity index (χ2v) is 10.2. The van der Waals surface area contributed by atoms with Crippen LogP contribution in [-0.4, -0.2) is 37.4 Å². The van der Waals surface area contributed by atoms with Crippen molar-refractivity contribution in [1.29, 1.82) is 0 Å². The van der Waals surface area contributed by atoms with Gasteiger partial charge in [-0.2, -0.15) is 10.2 Å². The number of hydrogen-bond acceptors (Lipinski definition) is 5. The predicted octanol–water partition coefficient (Wildman–Crippen LogP) is 5.01. The van der Waals surface area contributed by atoms with Crippen LogP contribution in [-0.2, 0) is 18.4 Å². The highest BCUT2D eigenvalue weighted by Gasteiger charge is 2.40. The summed E-state index contributed by atoms with van der Waals surface area (Å²) in [4.78, 5) is 18.0. The molecule has 1 amide bonds. The molecule has 3 aromatic heterocycles. The first-order chi connectivity index (χ1) is 18.3. The first-order valence-electron chi connectivity index (χ1n) is 12.5. The number of nitrogens with zero attached hydrogens (tertiary/aromatic N) is 5. The van der Waals surface area contributed by atoms with E-state index >= 15 is 0 Å². The molecule has 1 atom stereocenters. The Morgan fingerprint density at radius 2 is 1.97 bits per heavy atom. The third-order valence-electron chi connectivity index (χ3n) is 7.27. The summed E-state index contributed by atoms with van der Waals surface area (Å²) in [5, 5.41) is 12.9. The smallest absolute Gasteiger partial charge is 0.253 e. The maximum absolute atomic E-state index is 13.8. The lowest BCUT2D eigenvalue weighted by Crippen LogP contribution is -2.49. The fourth-order valence-electron chi connectivity index (χ4n) is 5.30. The first-order valence-corrected chi connectivity index (χ1v) is 12.8. The van der Waals surface area contributed by atoms with E-state index in [0.717, 1.165) is 45.8 Å². The highest BCUT2D eigenvalue weighted by molar-refractivity contribution is 6.34. The van der Waals surface area contributed by atoms with Crippen molar-refractivity contribution in [3.05, 3.63) is 106 Å². The van der Waals surface area contributed by atoms with Gasteiger partial charge in [-0.3, -0.25) is 4.79 Å². The lowest BCUT2D eigenvalue weighted by Gasteiger charge is -2.38. The van der Waals surface area contributed by atoms with E-state index in [1.54, 1.807) is 30.3 Å². The van der Waals surface area contributed by atoms with Crippen LogP contribution in [0.2, 0.25) is 5.02 Å². The van der Waals surface area contributed by atoms with Gasteiger partial charge in [-0.25, -0.2) is 14.2 Å². The summed E-state index contributed by atoms with van der Waals surface area (Å²) in [6.07, 6.45) is 5.68. The highest BCUT2D eigenvalue weighted by atomic mass is 35.5. The van der Waals surface area contributed by atoms with Crippen LogP contribution in [0.4, 0.5) is 0 Å². The van der Waals surface area contributed by atoms with Crippen LogP contribution in [0, 0.1) is 13.8 Å². The van der Waals surface area contributed by atoms with Gasteiger partial charge in [0.25, 0.3) is 5.91 Å². The fourth-order valence-corrected chi connectivity index (χ4v) is 5.56. The van der Waals surface area contributed by atoms with E-state index in [4.69, 9.17) is 21.4 Å². The molecule has 2 aromatic carbocycles. The van der Waals surface area contributed by atoms with E-state index in [1.807, 2.05) is 48.0 Å². The largest absolute Gasteiger partial charge is 0.497 e. The molecule has 0 bridgehead atoms. The van der Waals surface area contributed by atoms with Gasteiger partial charge >= 0.3 is 0 Å². The van der Waals surface area contributed by atoms with Crippen LogP contribution in [0.1, 0.15) is 45.0 Å². The zero-order chi connectivity index (χ0) is 26.4. The summed E-state index contributed by atoms with van der Waals surface area (Å²) >= 11 is 6.64. The van der Waals surface area contributed by atoms with Crippen LogP contribution in [0.15, 0.2) is 67.1 Å². The van der Waals surface area contributed by atoms with Gasteiger partial charge in [0.2, 0.25) is 0 Å². The van der Waals surface area contributed by atoms with Gasteiger partial charge < -0.3 is 10.1 Å². The van der Waals surface area contributed by atoms with Gasteiger partial charge in [0, 0.05) is 18.2 Å². The van der Waals surface area contributed by atoms with E-state index in [2.05, 4.69) is 34.5 Å². The van der Waals surface area contributed by atoms with Crippen molar-refractivity contribution in [1.82, 2.24) is 29.7 Å². The third kappa shape index (κ3) is 4.20. The number of pyridine rings is 1. The lowest BCUT2D eigenvalue weighted by atomic mass is 9.75. The Kier molecular flexibility index (Phi) is 5.91. The first kappa shape index (κ1) is 24.2. The number of ether oxygens (including phenoxy) is 1. The Bertz CT molecular complexity index is 1690. The summed E-state index contributed by atoms with van der Waals surface area (Å²) in [6.45, 7) is 3.87. The number of carbonyl (C=O) groups excluding carboxylic acids is 1. The van der Waals surface area contributed by atoms with E-state index in [-0.39, 0.29) is 5.91 Å². The van der Waals surface area contributed by atoms with Crippen molar-refractivity contribution in [3.63, 3.8) is 0 Å². The normalized spacial score (nSPS) is 16.8. The van der Waals surface area contributed by atoms with E-state index < -0.39 is 5.54 Å². The van der Waals surface area contributed by atoms with Gasteiger partial charge in [-0.05, 0) is 74.2 Å². The summed E-state index contributed by atoms with van der Waals surface area (Å²) < 4.78 is 9.12. The number of aryl methyl sites for hydroxylation is 3. The molecule has 192 valence electrons. The van der Waals surface area contributed by atoms with E-state index in [1.165, 1.54) is 0 Å². The Balaban J connectivity index is 1.39. The number of rotatable bonds is 5. The molecular weight excluding hydrogens is 500 g/mol. The molecule has 3 heterocycles. The van der Waals surface area contributed by atoms with E-state index in [0.29, 0.717) is 29.3 Å². The van der Waals surface area contributed by atoms with Crippen LogP contribution in [0.25, 0.3) is 11.2 Å². The third-order valence-corrected chi connectivity index (χ3v) is 7.59. The van der Waals surface area contributed by atoms with Gasteiger partial charge in [-0.15, -0.1) is 0 Å². The second kappa shape index (κ2) is 9.29. The van der Waals surface area contributed by atoms with Crippen LogP contribution in [0.3, 0.4) is 0 Å². The lowest BCUT2D eigenvalue weighted by molar-refractivity contribution is 0.0885. The van der Waals surface area contributed by atoms with Crippen molar-refractivity contribution in [2.24, 2.45) is 0 Å². The number of halogens is 1. The Hall–Kier alpha value is -4.17. The maximum atomic E-state index is 13.8. The number of hydrogen-bond donors (Lipinski definition) is 1. The SMILES string of the molecule is COc1cccc([C@@]2(NC(=O)c3ccc(-n4cnc(C)n4)cc3Cl)CCc3nn4cc(C)ccc4c3C2)c1. The molecule has 8 nitrogen and oxygen atoms in total. The van der Waals surface area contributed by atoms with Crippen LogP contribution in [0.5, 0.6) is 5.75 Å². The topological polar surface area (TPSA) is 86.3 Å². The Labute approximate surface area is 225 Å².